The van der Waals surface area contributed by atoms with Crippen LogP contribution in [0.2, 0.25) is 0 Å². The number of nitrogens with zero attached hydrogens (tertiary/aromatic N) is 6. The van der Waals surface area contributed by atoms with Crippen LogP contribution in [-0.2, 0) is 17.8 Å². The predicted octanol–water partition coefficient (Wildman–Crippen LogP) is 3.28. The van der Waals surface area contributed by atoms with Crippen molar-refractivity contribution < 1.29 is 14.0 Å². The Morgan fingerprint density at radius 3 is 2.70 bits per heavy atom. The number of Topliss-reactive ketones (excluding diaryl/α,β-unsaturated/α-hetero) is 1. The number of halogens is 1. The van der Waals surface area contributed by atoms with Crippen LogP contribution in [0.3, 0.4) is 0 Å². The van der Waals surface area contributed by atoms with Crippen LogP contribution in [0, 0.1) is 5.82 Å². The molecule has 10 heteroatoms. The zero-order valence-electron chi connectivity index (χ0n) is 21.5. The highest BCUT2D eigenvalue weighted by Gasteiger charge is 2.39. The molecule has 9 nitrogen and oxygen atoms in total. The number of hydrogen-bond acceptors (Lipinski definition) is 8. The zero-order chi connectivity index (χ0) is 26.3. The molecule has 0 saturated carbocycles. The first-order valence-corrected chi connectivity index (χ1v) is 12.4. The lowest BCUT2D eigenvalue weighted by Crippen LogP contribution is -2.36. The number of hydrogen-bond donors (Lipinski definition) is 1. The summed E-state index contributed by atoms with van der Waals surface area (Å²) in [6.45, 7) is 7.46. The maximum absolute atomic E-state index is 14.9. The molecule has 1 aromatic carbocycles. The normalized spacial score (nSPS) is 15.5. The quantitative estimate of drug-likeness (QED) is 0.491. The fourth-order valence-corrected chi connectivity index (χ4v) is 4.82. The smallest absolute Gasteiger partial charge is 0.299 e. The van der Waals surface area contributed by atoms with Gasteiger partial charge in [0.05, 0.1) is 17.4 Å². The molecule has 0 bridgehead atoms. The number of carbonyl (C=O) groups is 2. The van der Waals surface area contributed by atoms with Crippen LogP contribution in [0.5, 0.6) is 0 Å². The molecule has 2 aromatic heterocycles. The predicted molar refractivity (Wildman–Crippen MR) is 139 cm³/mol. The van der Waals surface area contributed by atoms with E-state index < -0.39 is 17.5 Å². The third-order valence-corrected chi connectivity index (χ3v) is 6.69. The number of carbonyl (C=O) groups excluding carboxylic acids is 2. The molecule has 0 aliphatic carbocycles. The van der Waals surface area contributed by atoms with Crippen LogP contribution in [0.15, 0.2) is 36.5 Å². The summed E-state index contributed by atoms with van der Waals surface area (Å²) in [5.74, 6) is -1.25. The molecule has 192 valence electrons. The molecule has 1 amide bonds. The molecule has 0 saturated heterocycles. The van der Waals surface area contributed by atoms with Gasteiger partial charge in [-0.2, -0.15) is 0 Å². The van der Waals surface area contributed by atoms with Crippen molar-refractivity contribution in [2.24, 2.45) is 0 Å². The Balaban J connectivity index is 1.41. The summed E-state index contributed by atoms with van der Waals surface area (Å²) < 4.78 is 14.9. The maximum atomic E-state index is 14.9. The second-order valence-electron chi connectivity index (χ2n) is 9.94. The van der Waals surface area contributed by atoms with Gasteiger partial charge in [-0.3, -0.25) is 14.5 Å². The molecule has 1 N–H and O–H groups in total. The average Bonchev–Trinajstić information content (AvgIpc) is 3.14. The lowest BCUT2D eigenvalue weighted by molar-refractivity contribution is -0.114. The van der Waals surface area contributed by atoms with E-state index in [1.165, 1.54) is 10.5 Å². The van der Waals surface area contributed by atoms with Gasteiger partial charge in [0.2, 0.25) is 5.95 Å². The van der Waals surface area contributed by atoms with Gasteiger partial charge in [0.15, 0.2) is 5.82 Å². The van der Waals surface area contributed by atoms with Gasteiger partial charge in [-0.25, -0.2) is 19.3 Å². The summed E-state index contributed by atoms with van der Waals surface area (Å²) in [5.41, 5.74) is 3.05. The Kier molecular flexibility index (Phi) is 6.70. The number of amides is 1. The van der Waals surface area contributed by atoms with Gasteiger partial charge in [0.25, 0.3) is 11.7 Å². The minimum absolute atomic E-state index is 0.0457. The molecule has 0 radical (unpaired) electrons. The molecule has 4 heterocycles. The number of benzene rings is 1. The topological polar surface area (TPSA) is 94.6 Å². The van der Waals surface area contributed by atoms with Crippen molar-refractivity contribution in [1.82, 2.24) is 24.8 Å². The number of likely N-dealkylation sites (N-methyl/N-ethyl adjacent to an activating group) is 1. The third-order valence-electron chi connectivity index (χ3n) is 6.69. The Labute approximate surface area is 215 Å². The Bertz CT molecular complexity index is 1370. The molecule has 5 rings (SSSR count). The van der Waals surface area contributed by atoms with Crippen molar-refractivity contribution >= 4 is 29.1 Å². The first-order valence-electron chi connectivity index (χ1n) is 12.4. The van der Waals surface area contributed by atoms with Crippen molar-refractivity contribution in [2.45, 2.75) is 32.9 Å². The molecule has 0 spiro atoms. The number of nitrogens with one attached hydrogen (secondary N) is 1. The van der Waals surface area contributed by atoms with Crippen LogP contribution in [0.4, 0.5) is 21.8 Å². The summed E-state index contributed by atoms with van der Waals surface area (Å²) in [6.07, 6.45) is 1.90. The highest BCUT2D eigenvalue weighted by Crippen LogP contribution is 2.38. The summed E-state index contributed by atoms with van der Waals surface area (Å²) in [7, 11) is 4.15. The van der Waals surface area contributed by atoms with Crippen LogP contribution < -0.4 is 10.2 Å². The van der Waals surface area contributed by atoms with Gasteiger partial charge < -0.3 is 15.1 Å². The third kappa shape index (κ3) is 4.82. The van der Waals surface area contributed by atoms with Gasteiger partial charge in [-0.05, 0) is 45.6 Å². The van der Waals surface area contributed by atoms with Crippen LogP contribution in [0.1, 0.15) is 35.5 Å². The number of fused-ring (bicyclic) bond motifs is 2. The van der Waals surface area contributed by atoms with Crippen LogP contribution in [0.25, 0.3) is 11.3 Å². The van der Waals surface area contributed by atoms with E-state index in [1.807, 2.05) is 26.0 Å². The second-order valence-corrected chi connectivity index (χ2v) is 9.94. The minimum atomic E-state index is -0.682. The van der Waals surface area contributed by atoms with E-state index in [4.69, 9.17) is 4.98 Å². The Hall–Kier alpha value is -3.76. The summed E-state index contributed by atoms with van der Waals surface area (Å²) in [6, 6.07) is 8.68. The summed E-state index contributed by atoms with van der Waals surface area (Å²) in [5, 5.41) is 3.07. The van der Waals surface area contributed by atoms with E-state index >= 15 is 0 Å². The van der Waals surface area contributed by atoms with E-state index in [0.717, 1.165) is 44.5 Å². The molecule has 0 unspecified atom stereocenters. The number of rotatable bonds is 7. The van der Waals surface area contributed by atoms with Crippen molar-refractivity contribution in [3.8, 4) is 11.3 Å². The largest absolute Gasteiger partial charge is 0.309 e. The van der Waals surface area contributed by atoms with E-state index in [2.05, 4.69) is 39.2 Å². The fraction of sp³-hybridized carbons (Fsp3) is 0.370. The summed E-state index contributed by atoms with van der Waals surface area (Å²) >= 11 is 0. The standard InChI is InChI=1S/C27H30FN7O2/c1-16(2)35-21-7-5-6-18(23(21)25(36)26(35)37)24-19(28)14-29-27(32-24)31-22-9-8-17-15-34(13-12-33(3)4)11-10-20(17)30-22/h5-9,14,16H,10-13,15H2,1-4H3,(H,29,30,31,32). The van der Waals surface area contributed by atoms with Gasteiger partial charge in [-0.15, -0.1) is 0 Å². The van der Waals surface area contributed by atoms with Crippen molar-refractivity contribution in [3.05, 3.63) is 59.2 Å². The maximum Gasteiger partial charge on any atom is 0.299 e. The number of aromatic nitrogens is 3. The van der Waals surface area contributed by atoms with E-state index in [0.29, 0.717) is 11.5 Å². The van der Waals surface area contributed by atoms with Crippen molar-refractivity contribution in [2.75, 3.05) is 43.9 Å². The van der Waals surface area contributed by atoms with Gasteiger partial charge in [0, 0.05) is 49.9 Å². The van der Waals surface area contributed by atoms with Crippen molar-refractivity contribution in [1.29, 1.82) is 0 Å². The molecule has 37 heavy (non-hydrogen) atoms. The highest BCUT2D eigenvalue weighted by atomic mass is 19.1. The van der Waals surface area contributed by atoms with Crippen LogP contribution >= 0.6 is 0 Å². The highest BCUT2D eigenvalue weighted by molar-refractivity contribution is 6.53. The van der Waals surface area contributed by atoms with Gasteiger partial charge in [-0.1, -0.05) is 18.2 Å². The van der Waals surface area contributed by atoms with Crippen LogP contribution in [-0.4, -0.2) is 76.2 Å². The first kappa shape index (κ1) is 24.9. The Morgan fingerprint density at radius 1 is 1.14 bits per heavy atom. The van der Waals surface area contributed by atoms with E-state index in [9.17, 15) is 14.0 Å². The van der Waals surface area contributed by atoms with E-state index in [1.54, 1.807) is 18.2 Å². The lowest BCUT2D eigenvalue weighted by atomic mass is 10.0. The molecule has 2 aliphatic rings. The zero-order valence-corrected chi connectivity index (χ0v) is 21.5. The van der Waals surface area contributed by atoms with E-state index in [-0.39, 0.29) is 28.8 Å². The van der Waals surface area contributed by atoms with Gasteiger partial charge >= 0.3 is 0 Å². The molecule has 3 aromatic rings. The Morgan fingerprint density at radius 2 is 1.95 bits per heavy atom. The molecule has 2 aliphatic heterocycles. The molecule has 0 atom stereocenters. The first-order chi connectivity index (χ1) is 17.7. The number of ketones is 1. The minimum Gasteiger partial charge on any atom is -0.309 e. The van der Waals surface area contributed by atoms with Crippen molar-refractivity contribution in [3.63, 3.8) is 0 Å². The number of pyridine rings is 1. The molecular formula is C27H30FN7O2. The molecule has 0 fully saturated rings. The summed E-state index contributed by atoms with van der Waals surface area (Å²) in [4.78, 5) is 44.7. The average molecular weight is 504 g/mol. The lowest BCUT2D eigenvalue weighted by Gasteiger charge is -2.29. The monoisotopic (exact) mass is 503 g/mol. The SMILES string of the molecule is CC(C)N1C(=O)C(=O)c2c(-c3nc(Nc4ccc5c(n4)CCN(CCN(C)C)C5)ncc3F)cccc21. The fourth-order valence-electron chi connectivity index (χ4n) is 4.82. The molecular weight excluding hydrogens is 473 g/mol. The number of anilines is 3. The van der Waals surface area contributed by atoms with Gasteiger partial charge in [0.1, 0.15) is 11.5 Å². The second kappa shape index (κ2) is 9.95.